The van der Waals surface area contributed by atoms with Gasteiger partial charge in [0.15, 0.2) is 0 Å². The third kappa shape index (κ3) is 2.58. The second-order valence-electron chi connectivity index (χ2n) is 5.21. The molecule has 102 valence electrons. The Labute approximate surface area is 119 Å². The van der Waals surface area contributed by atoms with E-state index < -0.39 is 0 Å². The summed E-state index contributed by atoms with van der Waals surface area (Å²) in [5.41, 5.74) is 12.0. The molecule has 0 radical (unpaired) electrons. The average molecular weight is 265 g/mol. The van der Waals surface area contributed by atoms with Crippen LogP contribution < -0.4 is 11.1 Å². The maximum atomic E-state index is 6.05. The second kappa shape index (κ2) is 5.47. The Balaban J connectivity index is 2.02. The number of anilines is 1. The van der Waals surface area contributed by atoms with Crippen molar-refractivity contribution in [3.8, 4) is 11.1 Å². The molecule has 1 aromatic carbocycles. The Bertz CT molecular complexity index is 642. The number of pyridine rings is 1. The van der Waals surface area contributed by atoms with Crippen LogP contribution in [0.2, 0.25) is 0 Å². The number of benzene rings is 1. The Kier molecular flexibility index (Phi) is 3.52. The van der Waals surface area contributed by atoms with Gasteiger partial charge in [0.1, 0.15) is 5.82 Å². The molecule has 0 unspecified atom stereocenters. The quantitative estimate of drug-likeness (QED) is 0.877. The van der Waals surface area contributed by atoms with Crippen LogP contribution >= 0.6 is 0 Å². The second-order valence-corrected chi connectivity index (χ2v) is 5.21. The van der Waals surface area contributed by atoms with Gasteiger partial charge in [0.05, 0.1) is 0 Å². The molecule has 0 spiro atoms. The Morgan fingerprint density at radius 1 is 1.15 bits per heavy atom. The Hall–Kier alpha value is -2.13. The lowest BCUT2D eigenvalue weighted by Gasteiger charge is -2.15. The zero-order valence-corrected chi connectivity index (χ0v) is 11.7. The molecule has 3 rings (SSSR count). The van der Waals surface area contributed by atoms with Gasteiger partial charge in [-0.2, -0.15) is 0 Å². The molecule has 3 nitrogen and oxygen atoms in total. The van der Waals surface area contributed by atoms with Crippen molar-refractivity contribution < 1.29 is 0 Å². The summed E-state index contributed by atoms with van der Waals surface area (Å²) in [4.78, 5) is 4.37. The minimum Gasteiger partial charge on any atom is -0.383 e. The van der Waals surface area contributed by atoms with E-state index in [0.717, 1.165) is 30.6 Å². The molecule has 0 fully saturated rings. The molecule has 3 heteroatoms. The van der Waals surface area contributed by atoms with E-state index >= 15 is 0 Å². The molecular weight excluding hydrogens is 246 g/mol. The molecule has 1 aliphatic heterocycles. The summed E-state index contributed by atoms with van der Waals surface area (Å²) in [5.74, 6) is 0.590. The van der Waals surface area contributed by atoms with Crippen LogP contribution in [0.5, 0.6) is 0 Å². The molecule has 0 atom stereocenters. The normalized spacial score (nSPS) is 14.9. The molecule has 3 N–H and O–H groups in total. The summed E-state index contributed by atoms with van der Waals surface area (Å²) in [6.45, 7) is 4.04. The maximum absolute atomic E-state index is 6.05. The molecular formula is C17H19N3. The van der Waals surface area contributed by atoms with Crippen LogP contribution in [0, 0.1) is 6.92 Å². The highest BCUT2D eigenvalue weighted by atomic mass is 14.9. The van der Waals surface area contributed by atoms with Crippen LogP contribution in [-0.4, -0.2) is 18.1 Å². The van der Waals surface area contributed by atoms with Gasteiger partial charge in [-0.1, -0.05) is 35.9 Å². The Morgan fingerprint density at radius 2 is 1.95 bits per heavy atom. The number of nitrogens with two attached hydrogens (primary N) is 1. The van der Waals surface area contributed by atoms with Crippen LogP contribution in [-0.2, 0) is 0 Å². The number of rotatable bonds is 2. The van der Waals surface area contributed by atoms with Crippen LogP contribution in [0.1, 0.15) is 17.5 Å². The molecule has 0 amide bonds. The fourth-order valence-electron chi connectivity index (χ4n) is 2.50. The van der Waals surface area contributed by atoms with E-state index in [1.807, 2.05) is 6.20 Å². The number of hydrogen-bond acceptors (Lipinski definition) is 3. The fourth-order valence-corrected chi connectivity index (χ4v) is 2.50. The maximum Gasteiger partial charge on any atom is 0.131 e. The third-order valence-corrected chi connectivity index (χ3v) is 3.72. The highest BCUT2D eigenvalue weighted by Gasteiger charge is 2.10. The average Bonchev–Trinajstić information content (AvgIpc) is 2.50. The Morgan fingerprint density at radius 3 is 2.65 bits per heavy atom. The predicted molar refractivity (Wildman–Crippen MR) is 84.3 cm³/mol. The van der Waals surface area contributed by atoms with Crippen molar-refractivity contribution >= 4 is 11.4 Å². The monoisotopic (exact) mass is 265 g/mol. The van der Waals surface area contributed by atoms with Gasteiger partial charge in [0, 0.05) is 18.3 Å². The van der Waals surface area contributed by atoms with Crippen molar-refractivity contribution in [2.75, 3.05) is 18.8 Å². The van der Waals surface area contributed by atoms with E-state index in [2.05, 4.69) is 53.6 Å². The summed E-state index contributed by atoms with van der Waals surface area (Å²) >= 11 is 0. The van der Waals surface area contributed by atoms with E-state index in [-0.39, 0.29) is 0 Å². The SMILES string of the molecule is Cc1ccc(-c2cc(C3=CCNCC3)cnc2N)cc1. The smallest absolute Gasteiger partial charge is 0.131 e. The molecule has 1 aromatic heterocycles. The van der Waals surface area contributed by atoms with Crippen LogP contribution in [0.15, 0.2) is 42.6 Å². The van der Waals surface area contributed by atoms with E-state index in [4.69, 9.17) is 5.73 Å². The standard InChI is InChI=1S/C17H19N3/c1-12-2-4-14(5-3-12)16-10-15(11-20-17(16)18)13-6-8-19-9-7-13/h2-6,10-11,19H,7-9H2,1H3,(H2,18,20). The molecule has 0 saturated carbocycles. The highest BCUT2D eigenvalue weighted by Crippen LogP contribution is 2.29. The largest absolute Gasteiger partial charge is 0.383 e. The van der Waals surface area contributed by atoms with Gasteiger partial charge in [-0.05, 0) is 42.7 Å². The molecule has 0 aliphatic carbocycles. The number of aryl methyl sites for hydroxylation is 1. The summed E-state index contributed by atoms with van der Waals surface area (Å²) in [7, 11) is 0. The number of hydrogen-bond donors (Lipinski definition) is 2. The van der Waals surface area contributed by atoms with Crippen molar-refractivity contribution in [2.45, 2.75) is 13.3 Å². The van der Waals surface area contributed by atoms with Gasteiger partial charge in [0.2, 0.25) is 0 Å². The fraction of sp³-hybridized carbons (Fsp3) is 0.235. The minimum atomic E-state index is 0.590. The van der Waals surface area contributed by atoms with Crippen LogP contribution in [0.3, 0.4) is 0 Å². The molecule has 1 aliphatic rings. The summed E-state index contributed by atoms with van der Waals surface area (Å²) in [6, 6.07) is 10.6. The zero-order chi connectivity index (χ0) is 13.9. The van der Waals surface area contributed by atoms with E-state index in [1.54, 1.807) is 0 Å². The molecule has 0 bridgehead atoms. The summed E-state index contributed by atoms with van der Waals surface area (Å²) in [6.07, 6.45) is 5.15. The van der Waals surface area contributed by atoms with Crippen LogP contribution in [0.4, 0.5) is 5.82 Å². The predicted octanol–water partition coefficient (Wildman–Crippen LogP) is 3.02. The van der Waals surface area contributed by atoms with Gasteiger partial charge in [-0.3, -0.25) is 0 Å². The first-order valence-corrected chi connectivity index (χ1v) is 6.97. The summed E-state index contributed by atoms with van der Waals surface area (Å²) in [5, 5.41) is 3.33. The van der Waals surface area contributed by atoms with Gasteiger partial charge >= 0.3 is 0 Å². The lowest BCUT2D eigenvalue weighted by Crippen LogP contribution is -2.20. The molecule has 20 heavy (non-hydrogen) atoms. The number of aromatic nitrogens is 1. The van der Waals surface area contributed by atoms with Crippen molar-refractivity contribution in [1.82, 2.24) is 10.3 Å². The summed E-state index contributed by atoms with van der Waals surface area (Å²) < 4.78 is 0. The molecule has 0 saturated heterocycles. The minimum absolute atomic E-state index is 0.590. The van der Waals surface area contributed by atoms with Crippen molar-refractivity contribution in [3.63, 3.8) is 0 Å². The van der Waals surface area contributed by atoms with Crippen LogP contribution in [0.25, 0.3) is 16.7 Å². The third-order valence-electron chi connectivity index (χ3n) is 3.72. The van der Waals surface area contributed by atoms with Gasteiger partial charge in [-0.25, -0.2) is 4.98 Å². The number of nitrogens with one attached hydrogen (secondary N) is 1. The number of nitrogens with zero attached hydrogens (tertiary/aromatic N) is 1. The van der Waals surface area contributed by atoms with Gasteiger partial charge in [-0.15, -0.1) is 0 Å². The van der Waals surface area contributed by atoms with E-state index in [0.29, 0.717) is 5.82 Å². The zero-order valence-electron chi connectivity index (χ0n) is 11.7. The first kappa shape index (κ1) is 12.9. The van der Waals surface area contributed by atoms with Crippen molar-refractivity contribution in [3.05, 3.63) is 53.7 Å². The van der Waals surface area contributed by atoms with Gasteiger partial charge < -0.3 is 11.1 Å². The topological polar surface area (TPSA) is 50.9 Å². The highest BCUT2D eigenvalue weighted by molar-refractivity contribution is 5.78. The van der Waals surface area contributed by atoms with E-state index in [1.165, 1.54) is 16.7 Å². The molecule has 2 heterocycles. The first-order chi connectivity index (χ1) is 9.74. The van der Waals surface area contributed by atoms with E-state index in [9.17, 15) is 0 Å². The number of nitrogen functional groups attached to an aromatic ring is 1. The lowest BCUT2D eigenvalue weighted by molar-refractivity contribution is 0.738. The van der Waals surface area contributed by atoms with Gasteiger partial charge in [0.25, 0.3) is 0 Å². The van der Waals surface area contributed by atoms with Crippen molar-refractivity contribution in [1.29, 1.82) is 0 Å². The van der Waals surface area contributed by atoms with Crippen molar-refractivity contribution in [2.24, 2.45) is 0 Å². The molecule has 2 aromatic rings. The lowest BCUT2D eigenvalue weighted by atomic mass is 9.97. The first-order valence-electron chi connectivity index (χ1n) is 6.97.